The van der Waals surface area contributed by atoms with Crippen LogP contribution in [-0.4, -0.2) is 38.4 Å². The highest BCUT2D eigenvalue weighted by molar-refractivity contribution is 5.29. The monoisotopic (exact) mass is 330 g/mol. The lowest BCUT2D eigenvalue weighted by Crippen LogP contribution is -3.12. The molecule has 0 amide bonds. The van der Waals surface area contributed by atoms with Gasteiger partial charge >= 0.3 is 0 Å². The molecule has 1 aromatic heterocycles. The van der Waals surface area contributed by atoms with Crippen LogP contribution in [0.2, 0.25) is 0 Å². The first-order chi connectivity index (χ1) is 11.7. The van der Waals surface area contributed by atoms with Gasteiger partial charge in [-0.3, -0.25) is 0 Å². The zero-order chi connectivity index (χ0) is 16.9. The Balaban J connectivity index is 1.99. The molecule has 1 aliphatic carbocycles. The Labute approximate surface area is 143 Å². The first-order valence-electron chi connectivity index (χ1n) is 9.15. The third-order valence-corrected chi connectivity index (χ3v) is 5.24. The number of benzene rings is 1. The van der Waals surface area contributed by atoms with Crippen LogP contribution in [0.15, 0.2) is 24.3 Å². The summed E-state index contributed by atoms with van der Waals surface area (Å²) < 4.78 is 2.07. The molecule has 1 saturated carbocycles. The quantitative estimate of drug-likeness (QED) is 0.849. The van der Waals surface area contributed by atoms with E-state index in [2.05, 4.69) is 34.1 Å². The van der Waals surface area contributed by atoms with Gasteiger partial charge in [-0.1, -0.05) is 19.3 Å². The maximum Gasteiger partial charge on any atom is 0.214 e. The second-order valence-corrected chi connectivity index (χ2v) is 6.66. The van der Waals surface area contributed by atoms with E-state index in [1.807, 2.05) is 12.1 Å². The van der Waals surface area contributed by atoms with Crippen LogP contribution in [0, 0.1) is 0 Å². The van der Waals surface area contributed by atoms with Gasteiger partial charge in [-0.15, -0.1) is 5.10 Å². The highest BCUT2D eigenvalue weighted by atomic mass is 16.3. The van der Waals surface area contributed by atoms with Crippen molar-refractivity contribution in [1.82, 2.24) is 20.2 Å². The molecule has 0 aliphatic heterocycles. The first-order valence-corrected chi connectivity index (χ1v) is 9.15. The summed E-state index contributed by atoms with van der Waals surface area (Å²) >= 11 is 0. The van der Waals surface area contributed by atoms with E-state index < -0.39 is 0 Å². The van der Waals surface area contributed by atoms with Crippen LogP contribution >= 0.6 is 0 Å². The highest BCUT2D eigenvalue weighted by Gasteiger charge is 2.32. The van der Waals surface area contributed by atoms with E-state index in [0.717, 1.165) is 37.3 Å². The Hall–Kier alpha value is -1.95. The van der Waals surface area contributed by atoms with E-state index >= 15 is 0 Å². The number of phenolic OH excluding ortho intramolecular Hbond substituents is 1. The molecular weight excluding hydrogens is 302 g/mol. The number of rotatable bonds is 6. The second kappa shape index (κ2) is 7.75. The van der Waals surface area contributed by atoms with Crippen LogP contribution in [-0.2, 0) is 0 Å². The van der Waals surface area contributed by atoms with Gasteiger partial charge in [0.25, 0.3) is 0 Å². The summed E-state index contributed by atoms with van der Waals surface area (Å²) in [6, 6.07) is 7.99. The summed E-state index contributed by atoms with van der Waals surface area (Å²) in [5.41, 5.74) is 1.15. The lowest BCUT2D eigenvalue weighted by Gasteiger charge is -2.29. The van der Waals surface area contributed by atoms with Crippen LogP contribution in [0.3, 0.4) is 0 Å². The Morgan fingerprint density at radius 1 is 1.12 bits per heavy atom. The molecule has 3 rings (SSSR count). The van der Waals surface area contributed by atoms with Crippen molar-refractivity contribution in [2.45, 2.75) is 58.0 Å². The van der Waals surface area contributed by atoms with Crippen molar-refractivity contribution >= 4 is 0 Å². The molecule has 0 saturated heterocycles. The number of tetrazole rings is 1. The van der Waals surface area contributed by atoms with E-state index in [4.69, 9.17) is 0 Å². The van der Waals surface area contributed by atoms with Crippen molar-refractivity contribution < 1.29 is 10.0 Å². The second-order valence-electron chi connectivity index (χ2n) is 6.66. The SMILES string of the molecule is CC[NH+](CC)[C@H](c1ccc(O)cc1)c1nnnn1C1CCCCC1. The minimum absolute atomic E-state index is 0.0949. The maximum absolute atomic E-state index is 9.63. The van der Waals surface area contributed by atoms with Crippen molar-refractivity contribution in [3.63, 3.8) is 0 Å². The average molecular weight is 330 g/mol. The number of hydrogen-bond donors (Lipinski definition) is 2. The zero-order valence-corrected chi connectivity index (χ0v) is 14.6. The number of phenols is 1. The number of aromatic hydroxyl groups is 1. The molecule has 0 radical (unpaired) electrons. The van der Waals surface area contributed by atoms with Gasteiger partial charge in [0.05, 0.1) is 19.1 Å². The van der Waals surface area contributed by atoms with E-state index in [9.17, 15) is 5.11 Å². The predicted octanol–water partition coefficient (Wildman–Crippen LogP) is 1.90. The molecule has 0 spiro atoms. The molecule has 0 bridgehead atoms. The number of aromatic nitrogens is 4. The summed E-state index contributed by atoms with van der Waals surface area (Å²) in [6.45, 7) is 6.39. The predicted molar refractivity (Wildman–Crippen MR) is 91.9 cm³/mol. The number of hydrogen-bond acceptors (Lipinski definition) is 4. The largest absolute Gasteiger partial charge is 0.508 e. The number of nitrogens with zero attached hydrogens (tertiary/aromatic N) is 4. The summed E-state index contributed by atoms with van der Waals surface area (Å²) in [5, 5.41) is 22.4. The van der Waals surface area contributed by atoms with E-state index in [0.29, 0.717) is 11.8 Å². The molecule has 24 heavy (non-hydrogen) atoms. The Kier molecular flexibility index (Phi) is 5.45. The van der Waals surface area contributed by atoms with Gasteiger partial charge in [-0.2, -0.15) is 0 Å². The molecule has 2 aromatic rings. The number of quaternary nitrogens is 1. The highest BCUT2D eigenvalue weighted by Crippen LogP contribution is 2.30. The van der Waals surface area contributed by atoms with Gasteiger partial charge in [0.15, 0.2) is 6.04 Å². The van der Waals surface area contributed by atoms with Gasteiger partial charge in [0.2, 0.25) is 5.82 Å². The fraction of sp³-hybridized carbons (Fsp3) is 0.611. The van der Waals surface area contributed by atoms with Gasteiger partial charge in [0.1, 0.15) is 5.75 Å². The van der Waals surface area contributed by atoms with Crippen LogP contribution in [0.5, 0.6) is 5.75 Å². The lowest BCUT2D eigenvalue weighted by molar-refractivity contribution is -0.923. The molecule has 6 nitrogen and oxygen atoms in total. The van der Waals surface area contributed by atoms with Crippen molar-refractivity contribution in [1.29, 1.82) is 0 Å². The third kappa shape index (κ3) is 3.43. The molecule has 0 unspecified atom stereocenters. The third-order valence-electron chi connectivity index (χ3n) is 5.24. The fourth-order valence-corrected chi connectivity index (χ4v) is 3.87. The van der Waals surface area contributed by atoms with E-state index in [1.54, 1.807) is 12.1 Å². The minimum Gasteiger partial charge on any atom is -0.508 e. The van der Waals surface area contributed by atoms with Gasteiger partial charge in [-0.05, 0) is 61.4 Å². The molecule has 1 aliphatic rings. The molecular formula is C18H28N5O+. The van der Waals surface area contributed by atoms with Crippen LogP contribution in [0.4, 0.5) is 0 Å². The molecule has 6 heteroatoms. The molecule has 1 fully saturated rings. The van der Waals surface area contributed by atoms with Crippen molar-refractivity contribution in [2.24, 2.45) is 0 Å². The van der Waals surface area contributed by atoms with Gasteiger partial charge in [0, 0.05) is 5.56 Å². The Morgan fingerprint density at radius 3 is 2.42 bits per heavy atom. The molecule has 130 valence electrons. The zero-order valence-electron chi connectivity index (χ0n) is 14.6. The lowest BCUT2D eigenvalue weighted by atomic mass is 9.95. The molecule has 1 heterocycles. The van der Waals surface area contributed by atoms with Gasteiger partial charge < -0.3 is 10.0 Å². The summed E-state index contributed by atoms with van der Waals surface area (Å²) in [5.74, 6) is 1.24. The van der Waals surface area contributed by atoms with Gasteiger partial charge in [-0.25, -0.2) is 4.68 Å². The summed E-state index contributed by atoms with van der Waals surface area (Å²) in [7, 11) is 0. The molecule has 2 N–H and O–H groups in total. The Bertz CT molecular complexity index is 629. The number of nitrogens with one attached hydrogen (secondary N) is 1. The minimum atomic E-state index is 0.0949. The summed E-state index contributed by atoms with van der Waals surface area (Å²) in [4.78, 5) is 1.42. The van der Waals surface area contributed by atoms with Crippen LogP contribution in [0.25, 0.3) is 0 Å². The standard InChI is InChI=1S/C18H27N5O/c1-3-22(4-2)17(14-10-12-16(24)13-11-14)18-19-20-21-23(18)15-8-6-5-7-9-15/h10-13,15,17,24H,3-9H2,1-2H3/p+1/t17-/m1/s1. The first kappa shape index (κ1) is 16.9. The van der Waals surface area contributed by atoms with Crippen LogP contribution in [0.1, 0.15) is 69.4 Å². The molecule has 1 aromatic carbocycles. The van der Waals surface area contributed by atoms with E-state index in [1.165, 1.54) is 24.2 Å². The smallest absolute Gasteiger partial charge is 0.214 e. The van der Waals surface area contributed by atoms with E-state index in [-0.39, 0.29) is 6.04 Å². The topological polar surface area (TPSA) is 68.3 Å². The Morgan fingerprint density at radius 2 is 1.79 bits per heavy atom. The molecule has 1 atom stereocenters. The van der Waals surface area contributed by atoms with Crippen molar-refractivity contribution in [3.05, 3.63) is 35.7 Å². The normalized spacial score (nSPS) is 17.3. The van der Waals surface area contributed by atoms with Crippen LogP contribution < -0.4 is 4.90 Å². The fourth-order valence-electron chi connectivity index (χ4n) is 3.87. The summed E-state index contributed by atoms with van der Waals surface area (Å²) in [6.07, 6.45) is 6.15. The average Bonchev–Trinajstić information content (AvgIpc) is 3.10. The van der Waals surface area contributed by atoms with Crippen molar-refractivity contribution in [3.8, 4) is 5.75 Å². The maximum atomic E-state index is 9.63. The van der Waals surface area contributed by atoms with Crippen molar-refractivity contribution in [2.75, 3.05) is 13.1 Å².